The number of anilines is 1. The predicted octanol–water partition coefficient (Wildman–Crippen LogP) is 1.81. The summed E-state index contributed by atoms with van der Waals surface area (Å²) >= 11 is 0. The number of piperidine rings is 1. The fraction of sp³-hybridized carbons (Fsp3) is 0.643. The van der Waals surface area contributed by atoms with Crippen molar-refractivity contribution in [1.29, 1.82) is 0 Å². The van der Waals surface area contributed by atoms with Gasteiger partial charge in [-0.3, -0.25) is 4.79 Å². The minimum atomic E-state index is -0.753. The third-order valence-corrected chi connectivity index (χ3v) is 3.30. The quantitative estimate of drug-likeness (QED) is 0.906. The van der Waals surface area contributed by atoms with Crippen LogP contribution in [0.5, 0.6) is 5.88 Å². The molecular weight excluding hydrogens is 258 g/mol. The molecule has 110 valence electrons. The highest BCUT2D eigenvalue weighted by Crippen LogP contribution is 2.30. The summed E-state index contributed by atoms with van der Waals surface area (Å²) in [6, 6.07) is 0. The molecule has 0 aliphatic carbocycles. The van der Waals surface area contributed by atoms with Crippen LogP contribution >= 0.6 is 0 Å². The van der Waals surface area contributed by atoms with E-state index in [0.29, 0.717) is 30.6 Å². The number of hydrogen-bond acceptors (Lipinski definition) is 5. The molecule has 1 aliphatic rings. The van der Waals surface area contributed by atoms with E-state index in [0.717, 1.165) is 6.54 Å². The average molecular weight is 279 g/mol. The first-order valence-electron chi connectivity index (χ1n) is 6.92. The molecule has 2 atom stereocenters. The van der Waals surface area contributed by atoms with E-state index in [4.69, 9.17) is 4.74 Å². The Labute approximate surface area is 118 Å². The Morgan fingerprint density at radius 2 is 2.10 bits per heavy atom. The molecule has 1 fully saturated rings. The Balaban J connectivity index is 2.23. The smallest absolute Gasteiger partial charge is 0.308 e. The molecule has 0 aromatic carbocycles. The van der Waals surface area contributed by atoms with Gasteiger partial charge in [0, 0.05) is 25.5 Å². The highest BCUT2D eigenvalue weighted by Gasteiger charge is 2.31. The largest absolute Gasteiger partial charge is 0.481 e. The normalized spacial score (nSPS) is 22.9. The average Bonchev–Trinajstić information content (AvgIpc) is 2.37. The van der Waals surface area contributed by atoms with Crippen LogP contribution in [0.4, 0.5) is 5.82 Å². The molecule has 1 aromatic heterocycles. The lowest BCUT2D eigenvalue weighted by molar-refractivity contribution is -0.142. The van der Waals surface area contributed by atoms with Crippen LogP contribution in [-0.4, -0.2) is 40.2 Å². The summed E-state index contributed by atoms with van der Waals surface area (Å²) in [5.74, 6) is 0.294. The van der Waals surface area contributed by atoms with Crippen LogP contribution in [0.1, 0.15) is 27.2 Å². The monoisotopic (exact) mass is 279 g/mol. The van der Waals surface area contributed by atoms with E-state index in [1.807, 2.05) is 18.7 Å². The summed E-state index contributed by atoms with van der Waals surface area (Å²) in [6.07, 6.45) is 3.90. The lowest BCUT2D eigenvalue weighted by Crippen LogP contribution is -2.43. The number of hydrogen-bond donors (Lipinski definition) is 1. The maximum Gasteiger partial charge on any atom is 0.308 e. The molecule has 1 aliphatic heterocycles. The molecule has 0 bridgehead atoms. The number of carbonyl (C=O) groups is 1. The number of aromatic nitrogens is 2. The minimum absolute atomic E-state index is 0.00272. The van der Waals surface area contributed by atoms with Crippen LogP contribution in [-0.2, 0) is 4.79 Å². The van der Waals surface area contributed by atoms with Gasteiger partial charge in [0.2, 0.25) is 0 Å². The molecule has 20 heavy (non-hydrogen) atoms. The molecule has 0 spiro atoms. The van der Waals surface area contributed by atoms with Gasteiger partial charge in [-0.2, -0.15) is 0 Å². The van der Waals surface area contributed by atoms with Crippen molar-refractivity contribution in [2.45, 2.75) is 33.3 Å². The van der Waals surface area contributed by atoms with Gasteiger partial charge in [0.15, 0.2) is 5.82 Å². The van der Waals surface area contributed by atoms with Crippen molar-refractivity contribution in [2.75, 3.05) is 18.0 Å². The first-order valence-corrected chi connectivity index (χ1v) is 6.92. The highest BCUT2D eigenvalue weighted by molar-refractivity contribution is 5.71. The van der Waals surface area contributed by atoms with Crippen LogP contribution < -0.4 is 9.64 Å². The first-order chi connectivity index (χ1) is 9.47. The summed E-state index contributed by atoms with van der Waals surface area (Å²) < 4.78 is 5.67. The standard InChI is InChI=1S/C14H21N3O3/c1-9(2)20-13-12(15-4-5-16-13)17-7-10(3)6-11(8-17)14(18)19/h4-5,9-11H,6-8H2,1-3H3,(H,18,19). The van der Waals surface area contributed by atoms with Crippen molar-refractivity contribution in [1.82, 2.24) is 9.97 Å². The number of rotatable bonds is 4. The first kappa shape index (κ1) is 14.6. The van der Waals surface area contributed by atoms with Crippen molar-refractivity contribution in [3.63, 3.8) is 0 Å². The summed E-state index contributed by atoms with van der Waals surface area (Å²) in [4.78, 5) is 21.8. The van der Waals surface area contributed by atoms with Gasteiger partial charge in [-0.25, -0.2) is 9.97 Å². The maximum absolute atomic E-state index is 11.2. The second-order valence-electron chi connectivity index (χ2n) is 5.63. The number of ether oxygens (including phenoxy) is 1. The summed E-state index contributed by atoms with van der Waals surface area (Å²) in [6.45, 7) is 7.14. The Hall–Kier alpha value is -1.85. The van der Waals surface area contributed by atoms with E-state index >= 15 is 0 Å². The Bertz CT molecular complexity index is 478. The molecular formula is C14H21N3O3. The molecule has 0 saturated carbocycles. The third kappa shape index (κ3) is 3.37. The third-order valence-electron chi connectivity index (χ3n) is 3.30. The van der Waals surface area contributed by atoms with E-state index in [1.165, 1.54) is 0 Å². The molecule has 0 radical (unpaired) electrons. The summed E-state index contributed by atoms with van der Waals surface area (Å²) in [7, 11) is 0. The van der Waals surface area contributed by atoms with Gasteiger partial charge < -0.3 is 14.7 Å². The van der Waals surface area contributed by atoms with Gasteiger partial charge in [-0.15, -0.1) is 0 Å². The second-order valence-corrected chi connectivity index (χ2v) is 5.63. The van der Waals surface area contributed by atoms with Gasteiger partial charge in [-0.05, 0) is 26.2 Å². The fourth-order valence-corrected chi connectivity index (χ4v) is 2.54. The maximum atomic E-state index is 11.2. The van der Waals surface area contributed by atoms with Crippen LogP contribution in [0, 0.1) is 11.8 Å². The van der Waals surface area contributed by atoms with Gasteiger partial charge >= 0.3 is 5.97 Å². The van der Waals surface area contributed by atoms with Crippen molar-refractivity contribution in [3.05, 3.63) is 12.4 Å². The van der Waals surface area contributed by atoms with E-state index in [1.54, 1.807) is 12.4 Å². The molecule has 2 unspecified atom stereocenters. The van der Waals surface area contributed by atoms with Crippen LogP contribution in [0.3, 0.4) is 0 Å². The van der Waals surface area contributed by atoms with Gasteiger partial charge in [0.05, 0.1) is 12.0 Å². The van der Waals surface area contributed by atoms with E-state index in [-0.39, 0.29) is 12.0 Å². The van der Waals surface area contributed by atoms with Gasteiger partial charge in [-0.1, -0.05) is 6.92 Å². The van der Waals surface area contributed by atoms with Crippen LogP contribution in [0.2, 0.25) is 0 Å². The zero-order chi connectivity index (χ0) is 14.7. The Morgan fingerprint density at radius 3 is 2.75 bits per heavy atom. The van der Waals surface area contributed by atoms with E-state index in [9.17, 15) is 9.90 Å². The van der Waals surface area contributed by atoms with Crippen LogP contribution in [0.25, 0.3) is 0 Å². The SMILES string of the molecule is CC1CC(C(=O)O)CN(c2nccnc2OC(C)C)C1. The minimum Gasteiger partial charge on any atom is -0.481 e. The molecule has 6 nitrogen and oxygen atoms in total. The van der Waals surface area contributed by atoms with Gasteiger partial charge in [0.1, 0.15) is 0 Å². The molecule has 1 aromatic rings. The van der Waals surface area contributed by atoms with Crippen molar-refractivity contribution in [3.8, 4) is 5.88 Å². The summed E-state index contributed by atoms with van der Waals surface area (Å²) in [5.41, 5.74) is 0. The van der Waals surface area contributed by atoms with E-state index in [2.05, 4.69) is 16.9 Å². The number of carboxylic acid groups (broad SMARTS) is 1. The number of aliphatic carboxylic acids is 1. The molecule has 2 heterocycles. The fourth-order valence-electron chi connectivity index (χ4n) is 2.54. The van der Waals surface area contributed by atoms with Crippen molar-refractivity contribution >= 4 is 11.8 Å². The zero-order valence-electron chi connectivity index (χ0n) is 12.1. The van der Waals surface area contributed by atoms with E-state index < -0.39 is 5.97 Å². The van der Waals surface area contributed by atoms with Gasteiger partial charge in [0.25, 0.3) is 5.88 Å². The zero-order valence-corrected chi connectivity index (χ0v) is 12.1. The highest BCUT2D eigenvalue weighted by atomic mass is 16.5. The summed E-state index contributed by atoms with van der Waals surface area (Å²) in [5, 5.41) is 9.24. The second kappa shape index (κ2) is 6.07. The number of carboxylic acids is 1. The van der Waals surface area contributed by atoms with Crippen molar-refractivity contribution < 1.29 is 14.6 Å². The number of nitrogens with zero attached hydrogens (tertiary/aromatic N) is 3. The molecule has 2 rings (SSSR count). The lowest BCUT2D eigenvalue weighted by Gasteiger charge is -2.35. The molecule has 0 amide bonds. The Kier molecular flexibility index (Phi) is 4.42. The Morgan fingerprint density at radius 1 is 1.40 bits per heavy atom. The van der Waals surface area contributed by atoms with Crippen molar-refractivity contribution in [2.24, 2.45) is 11.8 Å². The topological polar surface area (TPSA) is 75.5 Å². The lowest BCUT2D eigenvalue weighted by atomic mass is 9.90. The molecule has 1 saturated heterocycles. The molecule has 1 N–H and O–H groups in total. The molecule has 6 heteroatoms. The van der Waals surface area contributed by atoms with Crippen LogP contribution in [0.15, 0.2) is 12.4 Å². The predicted molar refractivity (Wildman–Crippen MR) is 74.9 cm³/mol.